The van der Waals surface area contributed by atoms with Crippen LogP contribution in [-0.4, -0.2) is 68.6 Å². The molecule has 3 amide bonds. The van der Waals surface area contributed by atoms with Crippen LogP contribution in [0.4, 0.5) is 0 Å². The van der Waals surface area contributed by atoms with E-state index in [1.165, 1.54) is 0 Å². The Morgan fingerprint density at radius 1 is 1.15 bits per heavy atom. The number of amides is 3. The lowest BCUT2D eigenvalue weighted by Gasteiger charge is -2.36. The Morgan fingerprint density at radius 2 is 1.91 bits per heavy atom. The molecule has 1 saturated heterocycles. The number of nitrogens with zero attached hydrogens (tertiary/aromatic N) is 5. The molecule has 1 fully saturated rings. The van der Waals surface area contributed by atoms with E-state index in [1.807, 2.05) is 45.0 Å². The van der Waals surface area contributed by atoms with Gasteiger partial charge in [0.05, 0.1) is 17.3 Å². The third-order valence-corrected chi connectivity index (χ3v) is 6.62. The molecule has 2 aromatic rings. The van der Waals surface area contributed by atoms with Gasteiger partial charge in [0, 0.05) is 37.9 Å². The molecule has 4 rings (SSSR count). The number of aromatic nitrogens is 2. The SMILES string of the molecule is CCN(CC)C(=O)c1cnc([C@@H]2CCCCN2C(=O)CN2Cc3ccccc3C2=O)nc1C. The third kappa shape index (κ3) is 4.47. The molecule has 0 unspecified atom stereocenters. The van der Waals surface area contributed by atoms with Gasteiger partial charge in [0.1, 0.15) is 6.54 Å². The van der Waals surface area contributed by atoms with E-state index >= 15 is 0 Å². The molecule has 0 bridgehead atoms. The molecule has 3 heterocycles. The van der Waals surface area contributed by atoms with Gasteiger partial charge in [-0.3, -0.25) is 14.4 Å². The topological polar surface area (TPSA) is 86.7 Å². The molecular formula is C25H31N5O3. The zero-order valence-electron chi connectivity index (χ0n) is 19.6. The van der Waals surface area contributed by atoms with E-state index in [2.05, 4.69) is 9.97 Å². The number of hydrogen-bond acceptors (Lipinski definition) is 5. The highest BCUT2D eigenvalue weighted by Crippen LogP contribution is 2.30. The molecule has 0 N–H and O–H groups in total. The minimum atomic E-state index is -0.248. The predicted octanol–water partition coefficient (Wildman–Crippen LogP) is 2.98. The van der Waals surface area contributed by atoms with Gasteiger partial charge in [-0.15, -0.1) is 0 Å². The Hall–Kier alpha value is -3.29. The molecule has 1 atom stereocenters. The van der Waals surface area contributed by atoms with Crippen LogP contribution in [0, 0.1) is 6.92 Å². The second-order valence-corrected chi connectivity index (χ2v) is 8.62. The number of hydrogen-bond donors (Lipinski definition) is 0. The smallest absolute Gasteiger partial charge is 0.257 e. The lowest BCUT2D eigenvalue weighted by molar-refractivity contribution is -0.136. The molecule has 0 saturated carbocycles. The fourth-order valence-corrected chi connectivity index (χ4v) is 4.73. The summed E-state index contributed by atoms with van der Waals surface area (Å²) in [6.45, 7) is 8.07. The summed E-state index contributed by atoms with van der Waals surface area (Å²) >= 11 is 0. The Labute approximate surface area is 194 Å². The van der Waals surface area contributed by atoms with Crippen molar-refractivity contribution in [2.45, 2.75) is 52.6 Å². The van der Waals surface area contributed by atoms with Gasteiger partial charge in [0.15, 0.2) is 5.82 Å². The Balaban J connectivity index is 1.51. The fraction of sp³-hybridized carbons (Fsp3) is 0.480. The average Bonchev–Trinajstić information content (AvgIpc) is 3.14. The lowest BCUT2D eigenvalue weighted by Crippen LogP contribution is -2.45. The van der Waals surface area contributed by atoms with Crippen LogP contribution in [0.1, 0.15) is 76.9 Å². The molecule has 174 valence electrons. The number of rotatable bonds is 6. The lowest BCUT2D eigenvalue weighted by atomic mass is 10.0. The van der Waals surface area contributed by atoms with Crippen LogP contribution < -0.4 is 0 Å². The van der Waals surface area contributed by atoms with Crippen LogP contribution in [-0.2, 0) is 11.3 Å². The maximum atomic E-state index is 13.3. The summed E-state index contributed by atoms with van der Waals surface area (Å²) in [4.78, 5) is 53.1. The molecule has 0 spiro atoms. The third-order valence-electron chi connectivity index (χ3n) is 6.62. The minimum absolute atomic E-state index is 0.0432. The van der Waals surface area contributed by atoms with Gasteiger partial charge in [-0.05, 0) is 51.7 Å². The van der Waals surface area contributed by atoms with Crippen molar-refractivity contribution in [3.8, 4) is 0 Å². The number of likely N-dealkylation sites (tertiary alicyclic amines) is 1. The van der Waals surface area contributed by atoms with Gasteiger partial charge in [0.25, 0.3) is 11.8 Å². The zero-order valence-corrected chi connectivity index (χ0v) is 19.6. The number of carbonyl (C=O) groups is 3. The number of piperidine rings is 1. The van der Waals surface area contributed by atoms with E-state index in [-0.39, 0.29) is 30.3 Å². The molecular weight excluding hydrogens is 418 g/mol. The molecule has 0 aliphatic carbocycles. The molecule has 1 aromatic carbocycles. The van der Waals surface area contributed by atoms with Crippen molar-refractivity contribution >= 4 is 17.7 Å². The van der Waals surface area contributed by atoms with E-state index < -0.39 is 0 Å². The monoisotopic (exact) mass is 449 g/mol. The van der Waals surface area contributed by atoms with E-state index in [9.17, 15) is 14.4 Å². The van der Waals surface area contributed by atoms with Crippen molar-refractivity contribution in [3.05, 3.63) is 58.7 Å². The van der Waals surface area contributed by atoms with Crippen LogP contribution in [0.3, 0.4) is 0 Å². The van der Waals surface area contributed by atoms with E-state index in [1.54, 1.807) is 20.9 Å². The summed E-state index contributed by atoms with van der Waals surface area (Å²) < 4.78 is 0. The summed E-state index contributed by atoms with van der Waals surface area (Å²) in [5, 5.41) is 0. The Bertz CT molecular complexity index is 1070. The minimum Gasteiger partial charge on any atom is -0.339 e. The summed E-state index contributed by atoms with van der Waals surface area (Å²) in [5.41, 5.74) is 2.75. The molecule has 2 aliphatic rings. The van der Waals surface area contributed by atoms with Crippen LogP contribution >= 0.6 is 0 Å². The summed E-state index contributed by atoms with van der Waals surface area (Å²) in [6, 6.07) is 7.24. The normalized spacial score (nSPS) is 17.8. The van der Waals surface area contributed by atoms with Crippen LogP contribution in [0.5, 0.6) is 0 Å². The highest BCUT2D eigenvalue weighted by molar-refractivity contribution is 6.00. The molecule has 0 radical (unpaired) electrons. The quantitative estimate of drug-likeness (QED) is 0.677. The van der Waals surface area contributed by atoms with Crippen molar-refractivity contribution in [1.82, 2.24) is 24.7 Å². The van der Waals surface area contributed by atoms with Gasteiger partial charge in [-0.2, -0.15) is 0 Å². The number of benzene rings is 1. The fourth-order valence-electron chi connectivity index (χ4n) is 4.73. The maximum Gasteiger partial charge on any atom is 0.257 e. The van der Waals surface area contributed by atoms with E-state index in [0.29, 0.717) is 48.8 Å². The second kappa shape index (κ2) is 9.68. The van der Waals surface area contributed by atoms with Gasteiger partial charge in [-0.25, -0.2) is 9.97 Å². The van der Waals surface area contributed by atoms with Gasteiger partial charge < -0.3 is 14.7 Å². The standard InChI is InChI=1S/C25H31N5O3/c1-4-28(5-2)25(33)20-14-26-23(27-17(20)3)21-12-8-9-13-30(21)22(31)16-29-15-18-10-6-7-11-19(18)24(29)32/h6-7,10-11,14,21H,4-5,8-9,12-13,15-16H2,1-3H3/t21-/m0/s1. The average molecular weight is 450 g/mol. The van der Waals surface area contributed by atoms with E-state index in [4.69, 9.17) is 0 Å². The first-order valence-corrected chi connectivity index (χ1v) is 11.7. The molecule has 8 nitrogen and oxygen atoms in total. The summed E-state index contributed by atoms with van der Waals surface area (Å²) in [5.74, 6) is 0.296. The first-order valence-electron chi connectivity index (χ1n) is 11.7. The molecule has 8 heteroatoms. The van der Waals surface area contributed by atoms with Gasteiger partial charge in [-0.1, -0.05) is 18.2 Å². The first kappa shape index (κ1) is 22.9. The first-order chi connectivity index (χ1) is 15.9. The number of aryl methyl sites for hydroxylation is 1. The highest BCUT2D eigenvalue weighted by atomic mass is 16.2. The van der Waals surface area contributed by atoms with Crippen LogP contribution in [0.15, 0.2) is 30.5 Å². The van der Waals surface area contributed by atoms with Crippen LogP contribution in [0.2, 0.25) is 0 Å². The summed E-state index contributed by atoms with van der Waals surface area (Å²) in [6.07, 6.45) is 4.25. The second-order valence-electron chi connectivity index (χ2n) is 8.62. The zero-order chi connectivity index (χ0) is 23.5. The molecule has 2 aliphatic heterocycles. The summed E-state index contributed by atoms with van der Waals surface area (Å²) in [7, 11) is 0. The maximum absolute atomic E-state index is 13.3. The van der Waals surface area contributed by atoms with Gasteiger partial charge in [0.2, 0.25) is 5.91 Å². The number of carbonyl (C=O) groups excluding carboxylic acids is 3. The van der Waals surface area contributed by atoms with Crippen molar-refractivity contribution < 1.29 is 14.4 Å². The largest absolute Gasteiger partial charge is 0.339 e. The van der Waals surface area contributed by atoms with Gasteiger partial charge >= 0.3 is 0 Å². The predicted molar refractivity (Wildman–Crippen MR) is 124 cm³/mol. The Morgan fingerprint density at radius 3 is 2.61 bits per heavy atom. The Kier molecular flexibility index (Phi) is 6.72. The van der Waals surface area contributed by atoms with E-state index in [0.717, 1.165) is 24.8 Å². The van der Waals surface area contributed by atoms with Crippen molar-refractivity contribution in [3.63, 3.8) is 0 Å². The highest BCUT2D eigenvalue weighted by Gasteiger charge is 2.34. The van der Waals surface area contributed by atoms with Crippen molar-refractivity contribution in [1.29, 1.82) is 0 Å². The molecule has 33 heavy (non-hydrogen) atoms. The van der Waals surface area contributed by atoms with Crippen molar-refractivity contribution in [2.75, 3.05) is 26.2 Å². The molecule has 1 aromatic heterocycles. The van der Waals surface area contributed by atoms with Crippen molar-refractivity contribution in [2.24, 2.45) is 0 Å². The van der Waals surface area contributed by atoms with Crippen LogP contribution in [0.25, 0.3) is 0 Å². The number of fused-ring (bicyclic) bond motifs is 1.